The summed E-state index contributed by atoms with van der Waals surface area (Å²) >= 11 is 5.94. The predicted molar refractivity (Wildman–Crippen MR) is 90.4 cm³/mol. The molecule has 0 N–H and O–H groups in total. The summed E-state index contributed by atoms with van der Waals surface area (Å²) in [7, 11) is 0. The maximum absolute atomic E-state index is 12.9. The summed E-state index contributed by atoms with van der Waals surface area (Å²) in [5.74, 6) is -3.47. The van der Waals surface area contributed by atoms with Gasteiger partial charge in [0.25, 0.3) is 0 Å². The average molecular weight is 426 g/mol. The van der Waals surface area contributed by atoms with Gasteiger partial charge < -0.3 is 14.2 Å². The Morgan fingerprint density at radius 2 is 1.50 bits per heavy atom. The lowest BCUT2D eigenvalue weighted by Crippen LogP contribution is -2.49. The van der Waals surface area contributed by atoms with Crippen molar-refractivity contribution < 1.29 is 41.8 Å². The molecule has 1 rings (SSSR count). The molecule has 1 heterocycles. The molecule has 11 heteroatoms. The third-order valence-electron chi connectivity index (χ3n) is 3.54. The summed E-state index contributed by atoms with van der Waals surface area (Å²) in [6.07, 6.45) is -5.26. The van der Waals surface area contributed by atoms with Crippen molar-refractivity contribution in [1.82, 2.24) is 4.98 Å². The normalized spacial score (nSPS) is 11.7. The summed E-state index contributed by atoms with van der Waals surface area (Å²) in [6, 6.07) is 0.502. The maximum Gasteiger partial charge on any atom is 0.417 e. The second kappa shape index (κ2) is 9.72. The van der Waals surface area contributed by atoms with Gasteiger partial charge in [-0.05, 0) is 26.8 Å². The molecule has 7 nitrogen and oxygen atoms in total. The van der Waals surface area contributed by atoms with E-state index in [0.29, 0.717) is 12.3 Å². The lowest BCUT2D eigenvalue weighted by Gasteiger charge is -2.28. The van der Waals surface area contributed by atoms with E-state index in [-0.39, 0.29) is 19.8 Å². The molecule has 0 unspecified atom stereocenters. The van der Waals surface area contributed by atoms with Crippen LogP contribution in [0.3, 0.4) is 0 Å². The van der Waals surface area contributed by atoms with Crippen LogP contribution in [0, 0.1) is 0 Å². The fraction of sp³-hybridized carbons (Fsp3) is 0.529. The van der Waals surface area contributed by atoms with Crippen LogP contribution in [0.15, 0.2) is 12.3 Å². The molecule has 156 valence electrons. The van der Waals surface area contributed by atoms with Crippen LogP contribution in [0.25, 0.3) is 0 Å². The van der Waals surface area contributed by atoms with Gasteiger partial charge in [0.2, 0.25) is 5.41 Å². The maximum atomic E-state index is 12.9. The second-order valence-electron chi connectivity index (χ2n) is 5.38. The highest BCUT2D eigenvalue weighted by atomic mass is 35.5. The van der Waals surface area contributed by atoms with Crippen molar-refractivity contribution >= 4 is 29.5 Å². The summed E-state index contributed by atoms with van der Waals surface area (Å²) in [4.78, 5) is 41.1. The number of hydrogen-bond acceptors (Lipinski definition) is 7. The predicted octanol–water partition coefficient (Wildman–Crippen LogP) is 3.07. The molecule has 0 saturated heterocycles. The Hall–Kier alpha value is -2.36. The van der Waals surface area contributed by atoms with Crippen molar-refractivity contribution in [3.63, 3.8) is 0 Å². The third-order valence-corrected chi connectivity index (χ3v) is 3.82. The van der Waals surface area contributed by atoms with E-state index in [1.807, 2.05) is 0 Å². The minimum atomic E-state index is -4.76. The third kappa shape index (κ3) is 5.12. The number of aromatic nitrogens is 1. The zero-order chi connectivity index (χ0) is 21.5. The van der Waals surface area contributed by atoms with Gasteiger partial charge in [-0.2, -0.15) is 13.2 Å². The Bertz CT molecular complexity index is 720. The molecule has 0 aromatic carbocycles. The Morgan fingerprint density at radius 1 is 1.00 bits per heavy atom. The van der Waals surface area contributed by atoms with E-state index in [1.54, 1.807) is 0 Å². The van der Waals surface area contributed by atoms with Crippen molar-refractivity contribution in [3.05, 3.63) is 28.5 Å². The average Bonchev–Trinajstić information content (AvgIpc) is 2.59. The van der Waals surface area contributed by atoms with Crippen LogP contribution in [0.4, 0.5) is 13.2 Å². The minimum Gasteiger partial charge on any atom is -0.466 e. The first kappa shape index (κ1) is 23.7. The first-order valence-corrected chi connectivity index (χ1v) is 8.65. The molecule has 0 radical (unpaired) electrons. The van der Waals surface area contributed by atoms with Gasteiger partial charge in [0.15, 0.2) is 0 Å². The van der Waals surface area contributed by atoms with Crippen molar-refractivity contribution in [1.29, 1.82) is 0 Å². The number of esters is 3. The van der Waals surface area contributed by atoms with Crippen LogP contribution in [0.1, 0.15) is 38.4 Å². The number of carbonyl (C=O) groups excluding carboxylic acids is 3. The van der Waals surface area contributed by atoms with Crippen LogP contribution < -0.4 is 0 Å². The highest BCUT2D eigenvalue weighted by molar-refractivity contribution is 6.32. The van der Waals surface area contributed by atoms with Crippen LogP contribution >= 0.6 is 11.6 Å². The number of alkyl halides is 3. The molecule has 0 amide bonds. The zero-order valence-electron chi connectivity index (χ0n) is 15.4. The number of hydrogen-bond donors (Lipinski definition) is 0. The Kier molecular flexibility index (Phi) is 8.22. The number of halogens is 4. The minimum absolute atomic E-state index is 0.0608. The van der Waals surface area contributed by atoms with Crippen molar-refractivity contribution in [2.24, 2.45) is 0 Å². The van der Waals surface area contributed by atoms with Crippen LogP contribution in [-0.4, -0.2) is 42.7 Å². The molecule has 0 aliphatic rings. The molecular weight excluding hydrogens is 407 g/mol. The molecule has 0 bridgehead atoms. The molecule has 0 atom stereocenters. The van der Waals surface area contributed by atoms with Crippen molar-refractivity contribution in [3.8, 4) is 0 Å². The highest BCUT2D eigenvalue weighted by Crippen LogP contribution is 2.38. The molecule has 0 spiro atoms. The number of rotatable bonds is 8. The van der Waals surface area contributed by atoms with Crippen LogP contribution in [0.2, 0.25) is 5.02 Å². The topological polar surface area (TPSA) is 91.8 Å². The summed E-state index contributed by atoms with van der Waals surface area (Å²) < 4.78 is 53.3. The number of nitrogens with zero attached hydrogens (tertiary/aromatic N) is 1. The summed E-state index contributed by atoms with van der Waals surface area (Å²) in [5.41, 5.74) is -4.30. The summed E-state index contributed by atoms with van der Waals surface area (Å²) in [5, 5.41) is -0.653. The van der Waals surface area contributed by atoms with E-state index in [2.05, 4.69) is 4.98 Å². The lowest BCUT2D eigenvalue weighted by molar-refractivity contribution is -0.170. The van der Waals surface area contributed by atoms with E-state index < -0.39 is 52.2 Å². The first-order chi connectivity index (χ1) is 13.0. The second-order valence-corrected chi connectivity index (χ2v) is 5.79. The number of carbonyl (C=O) groups is 3. The quantitative estimate of drug-likeness (QED) is 0.359. The van der Waals surface area contributed by atoms with Gasteiger partial charge in [0, 0.05) is 6.20 Å². The molecule has 0 aliphatic heterocycles. The number of ether oxygens (including phenoxy) is 3. The van der Waals surface area contributed by atoms with E-state index >= 15 is 0 Å². The fourth-order valence-electron chi connectivity index (χ4n) is 2.35. The monoisotopic (exact) mass is 425 g/mol. The molecule has 0 saturated carbocycles. The van der Waals surface area contributed by atoms with Crippen molar-refractivity contribution in [2.45, 2.75) is 38.8 Å². The Morgan fingerprint density at radius 3 is 1.89 bits per heavy atom. The van der Waals surface area contributed by atoms with Crippen molar-refractivity contribution in [2.75, 3.05) is 19.8 Å². The SMILES string of the molecule is CCOC(=O)CC(C(=O)OCC)(C(=O)OCC)c1ncc(C(F)(F)F)cc1Cl. The molecule has 1 aromatic heterocycles. The van der Waals surface area contributed by atoms with E-state index in [9.17, 15) is 27.6 Å². The highest BCUT2D eigenvalue weighted by Gasteiger charge is 2.55. The lowest BCUT2D eigenvalue weighted by atomic mass is 9.80. The Balaban J connectivity index is 3.69. The molecule has 1 aromatic rings. The first-order valence-electron chi connectivity index (χ1n) is 8.27. The van der Waals surface area contributed by atoms with Gasteiger partial charge in [-0.1, -0.05) is 11.6 Å². The summed E-state index contributed by atoms with van der Waals surface area (Å²) in [6.45, 7) is 3.97. The zero-order valence-corrected chi connectivity index (χ0v) is 16.1. The van der Waals surface area contributed by atoms with Crippen LogP contribution in [0.5, 0.6) is 0 Å². The van der Waals surface area contributed by atoms with Gasteiger partial charge >= 0.3 is 24.1 Å². The fourth-order valence-corrected chi connectivity index (χ4v) is 2.68. The Labute approximate surface area is 164 Å². The van der Waals surface area contributed by atoms with Gasteiger partial charge in [0.1, 0.15) is 0 Å². The van der Waals surface area contributed by atoms with Crippen LogP contribution in [-0.2, 0) is 40.2 Å². The van der Waals surface area contributed by atoms with E-state index in [4.69, 9.17) is 25.8 Å². The van der Waals surface area contributed by atoms with Gasteiger partial charge in [-0.25, -0.2) is 0 Å². The van der Waals surface area contributed by atoms with Gasteiger partial charge in [-0.3, -0.25) is 19.4 Å². The molecule has 0 aliphatic carbocycles. The molecular formula is C17H19ClF3NO6. The molecule has 0 fully saturated rings. The van der Waals surface area contributed by atoms with Gasteiger partial charge in [-0.15, -0.1) is 0 Å². The van der Waals surface area contributed by atoms with E-state index in [1.165, 1.54) is 20.8 Å². The largest absolute Gasteiger partial charge is 0.466 e. The van der Waals surface area contributed by atoms with E-state index in [0.717, 1.165) is 0 Å². The van der Waals surface area contributed by atoms with Gasteiger partial charge in [0.05, 0.1) is 42.5 Å². The number of pyridine rings is 1. The smallest absolute Gasteiger partial charge is 0.417 e. The molecule has 28 heavy (non-hydrogen) atoms. The standard InChI is InChI=1S/C17H19ClF3NO6/c1-4-26-12(23)8-16(14(24)27-5-2,15(25)28-6-3)13-11(18)7-10(9-22-13)17(19,20)21/h7,9H,4-6,8H2,1-3H3.